The number of amides is 1. The van der Waals surface area contributed by atoms with Gasteiger partial charge in [-0.25, -0.2) is 4.98 Å². The number of benzene rings is 1. The first-order valence-corrected chi connectivity index (χ1v) is 9.12. The summed E-state index contributed by atoms with van der Waals surface area (Å²) in [5.41, 5.74) is -0.00309. The summed E-state index contributed by atoms with van der Waals surface area (Å²) < 4.78 is 1.91. The second-order valence-electron chi connectivity index (χ2n) is 5.42. The predicted octanol–water partition coefficient (Wildman–Crippen LogP) is 4.08. The quantitative estimate of drug-likeness (QED) is 0.644. The highest BCUT2D eigenvalue weighted by atomic mass is 35.5. The van der Waals surface area contributed by atoms with Gasteiger partial charge in [-0.2, -0.15) is 0 Å². The van der Waals surface area contributed by atoms with Crippen molar-refractivity contribution in [2.45, 2.75) is 13.1 Å². The van der Waals surface area contributed by atoms with Crippen molar-refractivity contribution in [2.24, 2.45) is 0 Å². The number of halogens is 3. The summed E-state index contributed by atoms with van der Waals surface area (Å²) >= 11 is 19.3. The molecular weight excluding hydrogens is 405 g/mol. The van der Waals surface area contributed by atoms with Gasteiger partial charge in [-0.15, -0.1) is 11.3 Å². The van der Waals surface area contributed by atoms with Crippen LogP contribution >= 0.6 is 46.1 Å². The average molecular weight is 417 g/mol. The van der Waals surface area contributed by atoms with Crippen molar-refractivity contribution >= 4 is 62.9 Å². The summed E-state index contributed by atoms with van der Waals surface area (Å²) in [6.07, 6.45) is 1.32. The Morgan fingerprint density at radius 3 is 2.72 bits per heavy atom. The topological polar surface area (TPSA) is 55.2 Å². The molecule has 0 fully saturated rings. The van der Waals surface area contributed by atoms with Crippen LogP contribution in [-0.2, 0) is 17.9 Å². The Morgan fingerprint density at radius 2 is 2.04 bits per heavy atom. The number of carbonyl (C=O) groups is 1. The lowest BCUT2D eigenvalue weighted by atomic mass is 10.2. The fourth-order valence-electron chi connectivity index (χ4n) is 2.33. The summed E-state index contributed by atoms with van der Waals surface area (Å²) in [6.45, 7) is 0.297. The Kier molecular flexibility index (Phi) is 5.34. The lowest BCUT2D eigenvalue weighted by molar-refractivity contribution is -0.131. The van der Waals surface area contributed by atoms with Crippen molar-refractivity contribution in [3.05, 3.63) is 60.2 Å². The van der Waals surface area contributed by atoms with E-state index in [1.165, 1.54) is 39.3 Å². The van der Waals surface area contributed by atoms with Crippen molar-refractivity contribution in [3.8, 4) is 0 Å². The predicted molar refractivity (Wildman–Crippen MR) is 102 cm³/mol. The van der Waals surface area contributed by atoms with Crippen LogP contribution in [0.1, 0.15) is 4.88 Å². The van der Waals surface area contributed by atoms with Gasteiger partial charge in [0.25, 0.3) is 5.56 Å². The third-order valence-electron chi connectivity index (χ3n) is 3.60. The first kappa shape index (κ1) is 18.2. The van der Waals surface area contributed by atoms with E-state index in [0.29, 0.717) is 26.4 Å². The molecule has 0 N–H and O–H groups in total. The second-order valence-corrected chi connectivity index (χ2v) is 8.06. The van der Waals surface area contributed by atoms with Crippen molar-refractivity contribution < 1.29 is 4.79 Å². The van der Waals surface area contributed by atoms with E-state index in [2.05, 4.69) is 4.98 Å². The molecule has 0 saturated carbocycles. The zero-order chi connectivity index (χ0) is 18.1. The number of rotatable bonds is 4. The number of carbonyl (C=O) groups excluding carboxylic acids is 1. The molecule has 0 saturated heterocycles. The van der Waals surface area contributed by atoms with Gasteiger partial charge in [-0.05, 0) is 24.3 Å². The number of likely N-dealkylation sites (N-methyl/N-ethyl adjacent to an activating group) is 1. The maximum atomic E-state index is 12.6. The van der Waals surface area contributed by atoms with Crippen LogP contribution in [0.25, 0.3) is 10.9 Å². The number of nitrogens with zero attached hydrogens (tertiary/aromatic N) is 3. The molecule has 130 valence electrons. The van der Waals surface area contributed by atoms with E-state index in [1.54, 1.807) is 13.1 Å². The van der Waals surface area contributed by atoms with Crippen LogP contribution in [0.3, 0.4) is 0 Å². The van der Waals surface area contributed by atoms with Gasteiger partial charge < -0.3 is 4.90 Å². The van der Waals surface area contributed by atoms with E-state index < -0.39 is 0 Å². The molecule has 0 unspecified atom stereocenters. The highest BCUT2D eigenvalue weighted by Gasteiger charge is 2.14. The Labute approximate surface area is 162 Å². The fraction of sp³-hybridized carbons (Fsp3) is 0.188. The van der Waals surface area contributed by atoms with Crippen molar-refractivity contribution in [3.63, 3.8) is 0 Å². The Morgan fingerprint density at radius 1 is 1.28 bits per heavy atom. The average Bonchev–Trinajstić information content (AvgIpc) is 2.95. The summed E-state index contributed by atoms with van der Waals surface area (Å²) in [4.78, 5) is 31.6. The van der Waals surface area contributed by atoms with Crippen molar-refractivity contribution in [1.82, 2.24) is 14.5 Å². The third kappa shape index (κ3) is 3.98. The Balaban J connectivity index is 1.83. The highest BCUT2D eigenvalue weighted by molar-refractivity contribution is 7.16. The molecule has 0 atom stereocenters. The smallest absolute Gasteiger partial charge is 0.261 e. The van der Waals surface area contributed by atoms with E-state index in [4.69, 9.17) is 34.8 Å². The zero-order valence-corrected chi connectivity index (χ0v) is 16.1. The maximum Gasteiger partial charge on any atom is 0.261 e. The molecule has 5 nitrogen and oxygen atoms in total. The van der Waals surface area contributed by atoms with Crippen molar-refractivity contribution in [2.75, 3.05) is 7.05 Å². The minimum Gasteiger partial charge on any atom is -0.339 e. The molecule has 1 aromatic carbocycles. The third-order valence-corrected chi connectivity index (χ3v) is 5.32. The molecule has 0 aliphatic rings. The van der Waals surface area contributed by atoms with Gasteiger partial charge >= 0.3 is 0 Å². The molecular formula is C16H12Cl3N3O2S. The molecule has 2 heterocycles. The fourth-order valence-corrected chi connectivity index (χ4v) is 4.02. The molecule has 0 aliphatic carbocycles. The second kappa shape index (κ2) is 7.33. The summed E-state index contributed by atoms with van der Waals surface area (Å²) in [5, 5.41) is 0.914. The largest absolute Gasteiger partial charge is 0.339 e. The van der Waals surface area contributed by atoms with Crippen LogP contribution in [-0.4, -0.2) is 27.4 Å². The van der Waals surface area contributed by atoms with Crippen LogP contribution in [0.2, 0.25) is 14.4 Å². The maximum absolute atomic E-state index is 12.6. The van der Waals surface area contributed by atoms with Gasteiger partial charge in [0, 0.05) is 16.9 Å². The van der Waals surface area contributed by atoms with Gasteiger partial charge in [-0.3, -0.25) is 14.2 Å². The number of hydrogen-bond acceptors (Lipinski definition) is 4. The zero-order valence-electron chi connectivity index (χ0n) is 13.0. The molecule has 0 aliphatic heterocycles. The van der Waals surface area contributed by atoms with E-state index >= 15 is 0 Å². The summed E-state index contributed by atoms with van der Waals surface area (Å²) in [6, 6.07) is 6.67. The number of aromatic nitrogens is 2. The van der Waals surface area contributed by atoms with Gasteiger partial charge in [0.2, 0.25) is 5.91 Å². The summed E-state index contributed by atoms with van der Waals surface area (Å²) in [5.74, 6) is -0.221. The lowest BCUT2D eigenvalue weighted by Crippen LogP contribution is -2.33. The van der Waals surface area contributed by atoms with Crippen LogP contribution < -0.4 is 5.56 Å². The van der Waals surface area contributed by atoms with Crippen LogP contribution in [0.4, 0.5) is 0 Å². The standard InChI is InChI=1S/C16H12Cl3N3O2S/c1-21(6-10-2-3-13(19)25-10)14(23)7-22-8-20-15-11(16(22)24)4-9(17)5-12(15)18/h2-5,8H,6-7H2,1H3. The number of hydrogen-bond donors (Lipinski definition) is 0. The first-order chi connectivity index (χ1) is 11.8. The van der Waals surface area contributed by atoms with Gasteiger partial charge in [0.15, 0.2) is 0 Å². The Bertz CT molecular complexity index is 1020. The molecule has 2 aromatic heterocycles. The van der Waals surface area contributed by atoms with Gasteiger partial charge in [-0.1, -0.05) is 34.8 Å². The first-order valence-electron chi connectivity index (χ1n) is 7.17. The lowest BCUT2D eigenvalue weighted by Gasteiger charge is -2.17. The van der Waals surface area contributed by atoms with Crippen LogP contribution in [0.15, 0.2) is 35.4 Å². The molecule has 0 radical (unpaired) electrons. The molecule has 3 aromatic rings. The molecule has 9 heteroatoms. The minimum atomic E-state index is -0.365. The van der Waals surface area contributed by atoms with Crippen LogP contribution in [0, 0.1) is 0 Å². The van der Waals surface area contributed by atoms with Gasteiger partial charge in [0.05, 0.1) is 33.1 Å². The normalized spacial score (nSPS) is 11.0. The molecule has 3 rings (SSSR count). The van der Waals surface area contributed by atoms with E-state index in [-0.39, 0.29) is 23.4 Å². The molecule has 0 bridgehead atoms. The molecule has 0 spiro atoms. The number of thiophene rings is 1. The highest BCUT2D eigenvalue weighted by Crippen LogP contribution is 2.24. The molecule has 1 amide bonds. The van der Waals surface area contributed by atoms with E-state index in [9.17, 15) is 9.59 Å². The van der Waals surface area contributed by atoms with E-state index in [1.807, 2.05) is 6.07 Å². The monoisotopic (exact) mass is 415 g/mol. The minimum absolute atomic E-state index is 0.123. The Hall–Kier alpha value is -1.60. The molecule has 25 heavy (non-hydrogen) atoms. The van der Waals surface area contributed by atoms with Gasteiger partial charge in [0.1, 0.15) is 6.54 Å². The van der Waals surface area contributed by atoms with E-state index in [0.717, 1.165) is 4.88 Å². The summed E-state index contributed by atoms with van der Waals surface area (Å²) in [7, 11) is 1.67. The SMILES string of the molecule is CN(Cc1ccc(Cl)s1)C(=O)Cn1cnc2c(Cl)cc(Cl)cc2c1=O. The van der Waals surface area contributed by atoms with Crippen LogP contribution in [0.5, 0.6) is 0 Å². The van der Waals surface area contributed by atoms with Crippen molar-refractivity contribution in [1.29, 1.82) is 0 Å². The number of fused-ring (bicyclic) bond motifs is 1.